The zero-order valence-electron chi connectivity index (χ0n) is 12.9. The van der Waals surface area contributed by atoms with Crippen molar-refractivity contribution in [2.45, 2.75) is 43.7 Å². The molecule has 138 valence electrons. The van der Waals surface area contributed by atoms with Gasteiger partial charge in [0.25, 0.3) is 0 Å². The van der Waals surface area contributed by atoms with Gasteiger partial charge in [0.2, 0.25) is 6.43 Å². The molecule has 6 nitrogen and oxygen atoms in total. The molecular formula is C14H27F3N2O4. The molecule has 0 spiro atoms. The molecule has 6 atom stereocenters. The van der Waals surface area contributed by atoms with Gasteiger partial charge in [0.15, 0.2) is 0 Å². The summed E-state index contributed by atoms with van der Waals surface area (Å²) in [7, 11) is 0. The second-order valence-electron chi connectivity index (χ2n) is 6.06. The Morgan fingerprint density at radius 2 is 1.30 bits per heavy atom. The van der Waals surface area contributed by atoms with Crippen LogP contribution in [-0.4, -0.2) is 84.1 Å². The molecule has 0 radical (unpaired) electrons. The maximum atomic E-state index is 11.9. The van der Waals surface area contributed by atoms with E-state index in [9.17, 15) is 23.4 Å². The van der Waals surface area contributed by atoms with Gasteiger partial charge in [-0.05, 0) is 6.42 Å². The van der Waals surface area contributed by atoms with Gasteiger partial charge in [-0.1, -0.05) is 0 Å². The van der Waals surface area contributed by atoms with Crippen LogP contribution in [0.15, 0.2) is 0 Å². The molecule has 2 rings (SSSR count). The van der Waals surface area contributed by atoms with Crippen molar-refractivity contribution in [3.63, 3.8) is 0 Å². The van der Waals surface area contributed by atoms with Crippen molar-refractivity contribution in [3.05, 3.63) is 0 Å². The zero-order valence-corrected chi connectivity index (χ0v) is 12.9. The summed E-state index contributed by atoms with van der Waals surface area (Å²) in [6.45, 7) is 1.20. The second-order valence-corrected chi connectivity index (χ2v) is 6.06. The van der Waals surface area contributed by atoms with Crippen molar-refractivity contribution in [1.82, 2.24) is 10.6 Å². The molecule has 0 aliphatic carbocycles. The van der Waals surface area contributed by atoms with Gasteiger partial charge >= 0.3 is 0 Å². The molecule has 2 aliphatic heterocycles. The first-order chi connectivity index (χ1) is 10.9. The highest BCUT2D eigenvalue weighted by molar-refractivity contribution is 4.85. The van der Waals surface area contributed by atoms with Crippen LogP contribution in [0.3, 0.4) is 0 Å². The smallest absolute Gasteiger partial charge is 0.239 e. The number of halogens is 3. The summed E-state index contributed by atoms with van der Waals surface area (Å²) in [5.41, 5.74) is 0. The van der Waals surface area contributed by atoms with Gasteiger partial charge in [0, 0.05) is 44.4 Å². The molecule has 0 aromatic rings. The van der Waals surface area contributed by atoms with E-state index in [1.54, 1.807) is 0 Å². The van der Waals surface area contributed by atoms with Gasteiger partial charge in [0.05, 0.1) is 31.1 Å². The maximum absolute atomic E-state index is 11.9. The lowest BCUT2D eigenvalue weighted by Gasteiger charge is -2.32. The van der Waals surface area contributed by atoms with Crippen LogP contribution in [0.4, 0.5) is 13.2 Å². The lowest BCUT2D eigenvalue weighted by Crippen LogP contribution is -2.50. The third-order valence-electron chi connectivity index (χ3n) is 4.24. The van der Waals surface area contributed by atoms with Crippen molar-refractivity contribution in [2.24, 2.45) is 11.8 Å². The monoisotopic (exact) mass is 344 g/mol. The van der Waals surface area contributed by atoms with Crippen LogP contribution in [-0.2, 0) is 0 Å². The second kappa shape index (κ2) is 10.4. The number of alkyl halides is 3. The molecule has 0 bridgehead atoms. The fourth-order valence-corrected chi connectivity index (χ4v) is 2.81. The Bertz CT molecular complexity index is 326. The number of nitrogens with one attached hydrogen (secondary N) is 2. The molecule has 2 fully saturated rings. The van der Waals surface area contributed by atoms with Crippen LogP contribution in [0, 0.1) is 11.8 Å². The minimum atomic E-state index is -2.42. The van der Waals surface area contributed by atoms with E-state index in [1.807, 2.05) is 0 Å². The fraction of sp³-hybridized carbons (Fsp3) is 1.00. The van der Waals surface area contributed by atoms with Gasteiger partial charge in [0.1, 0.15) is 0 Å². The van der Waals surface area contributed by atoms with Gasteiger partial charge in [-0.25, -0.2) is 8.78 Å². The average Bonchev–Trinajstić information content (AvgIpc) is 2.49. The molecule has 0 aromatic heterocycles. The Balaban J connectivity index is 0.000000231. The summed E-state index contributed by atoms with van der Waals surface area (Å²) in [6.07, 6.45) is -5.87. The Labute approximate surface area is 133 Å². The van der Waals surface area contributed by atoms with E-state index in [1.165, 1.54) is 0 Å². The normalized spacial score (nSPS) is 38.1. The van der Waals surface area contributed by atoms with Gasteiger partial charge in [-0.3, -0.25) is 4.39 Å². The third kappa shape index (κ3) is 6.90. The van der Waals surface area contributed by atoms with Crippen molar-refractivity contribution in [3.8, 4) is 0 Å². The van der Waals surface area contributed by atoms with E-state index in [2.05, 4.69) is 10.6 Å². The molecule has 0 aromatic carbocycles. The highest BCUT2D eigenvalue weighted by Crippen LogP contribution is 2.19. The Morgan fingerprint density at radius 3 is 1.78 bits per heavy atom. The van der Waals surface area contributed by atoms with E-state index in [-0.39, 0.29) is 18.9 Å². The number of aliphatic hydroxyl groups is 4. The third-order valence-corrected chi connectivity index (χ3v) is 4.24. The van der Waals surface area contributed by atoms with Gasteiger partial charge in [-0.2, -0.15) is 0 Å². The van der Waals surface area contributed by atoms with E-state index in [0.717, 1.165) is 0 Å². The standard InChI is InChI=1S/C7H13F2NO2.C7H14FNO2/c8-6(9)1-4-2-10-3-5(11)7(4)12;8-2-1-5-3-9-4-6(10)7(5)11/h4-7,10-12H,1-3H2;5-7,9-11H,1-4H2/t4-,5+,7+;5-,6+,7+/m00/s1. The minimum Gasteiger partial charge on any atom is -0.390 e. The molecule has 0 amide bonds. The highest BCUT2D eigenvalue weighted by atomic mass is 19.3. The summed E-state index contributed by atoms with van der Waals surface area (Å²) < 4.78 is 35.7. The first-order valence-electron chi connectivity index (χ1n) is 7.84. The van der Waals surface area contributed by atoms with Crippen LogP contribution in [0.2, 0.25) is 0 Å². The number of hydrogen-bond acceptors (Lipinski definition) is 6. The summed E-state index contributed by atoms with van der Waals surface area (Å²) in [5.74, 6) is -0.669. The first-order valence-corrected chi connectivity index (χ1v) is 7.84. The molecule has 0 unspecified atom stereocenters. The van der Waals surface area contributed by atoms with E-state index in [0.29, 0.717) is 26.1 Å². The average molecular weight is 344 g/mol. The summed E-state index contributed by atoms with van der Waals surface area (Å²) >= 11 is 0. The van der Waals surface area contributed by atoms with Crippen LogP contribution in [0.25, 0.3) is 0 Å². The molecule has 6 N–H and O–H groups in total. The number of aliphatic hydroxyl groups excluding tert-OH is 4. The lowest BCUT2D eigenvalue weighted by atomic mass is 9.91. The zero-order chi connectivity index (χ0) is 17.4. The largest absolute Gasteiger partial charge is 0.390 e. The summed E-state index contributed by atoms with van der Waals surface area (Å²) in [4.78, 5) is 0. The fourth-order valence-electron chi connectivity index (χ4n) is 2.81. The molecule has 2 heterocycles. The summed E-state index contributed by atoms with van der Waals surface area (Å²) in [6, 6.07) is 0. The number of rotatable bonds is 4. The predicted molar refractivity (Wildman–Crippen MR) is 78.0 cm³/mol. The number of hydrogen-bond donors (Lipinski definition) is 6. The highest BCUT2D eigenvalue weighted by Gasteiger charge is 2.32. The van der Waals surface area contributed by atoms with Crippen LogP contribution in [0.5, 0.6) is 0 Å². The van der Waals surface area contributed by atoms with Crippen LogP contribution >= 0.6 is 0 Å². The Morgan fingerprint density at radius 1 is 0.826 bits per heavy atom. The number of β-amino-alcohol motifs (C(OH)–C–C–N with tert-alkyl or cyclic N) is 2. The van der Waals surface area contributed by atoms with E-state index < -0.39 is 43.4 Å². The quantitative estimate of drug-likeness (QED) is 0.386. The van der Waals surface area contributed by atoms with Gasteiger partial charge < -0.3 is 31.1 Å². The molecular weight excluding hydrogens is 317 g/mol. The molecule has 2 aliphatic rings. The molecule has 0 saturated carbocycles. The molecule has 23 heavy (non-hydrogen) atoms. The van der Waals surface area contributed by atoms with Gasteiger partial charge in [-0.15, -0.1) is 0 Å². The summed E-state index contributed by atoms with van der Waals surface area (Å²) in [5, 5.41) is 42.5. The minimum absolute atomic E-state index is 0.135. The van der Waals surface area contributed by atoms with Crippen LogP contribution in [0.1, 0.15) is 12.8 Å². The first kappa shape index (κ1) is 20.6. The van der Waals surface area contributed by atoms with Crippen molar-refractivity contribution in [2.75, 3.05) is 32.9 Å². The Hall–Kier alpha value is -0.450. The van der Waals surface area contributed by atoms with Crippen LogP contribution < -0.4 is 10.6 Å². The molecule has 2 saturated heterocycles. The van der Waals surface area contributed by atoms with Crippen molar-refractivity contribution in [1.29, 1.82) is 0 Å². The van der Waals surface area contributed by atoms with Crippen molar-refractivity contribution >= 4 is 0 Å². The van der Waals surface area contributed by atoms with Crippen molar-refractivity contribution < 1.29 is 33.6 Å². The van der Waals surface area contributed by atoms with E-state index in [4.69, 9.17) is 10.2 Å². The maximum Gasteiger partial charge on any atom is 0.239 e. The Kier molecular flexibility index (Phi) is 9.33. The SMILES string of the molecule is O[C@@H]1[C@@H](CC(F)F)CNC[C@H]1O.O[C@@H]1[C@@H](CCF)CNC[C@H]1O. The number of piperidine rings is 2. The predicted octanol–water partition coefficient (Wildman–Crippen LogP) is -1.13. The lowest BCUT2D eigenvalue weighted by molar-refractivity contribution is -0.0509. The topological polar surface area (TPSA) is 105 Å². The van der Waals surface area contributed by atoms with E-state index >= 15 is 0 Å². The molecule has 9 heteroatoms.